The van der Waals surface area contributed by atoms with Crippen molar-refractivity contribution in [2.75, 3.05) is 32.9 Å². The summed E-state index contributed by atoms with van der Waals surface area (Å²) in [5, 5.41) is 0. The number of hydrogen-bond donors (Lipinski definition) is 1. The molecule has 2 amide bonds. The Balaban J connectivity index is 2.99. The minimum Gasteiger partial charge on any atom is -0.398 e. The van der Waals surface area contributed by atoms with Gasteiger partial charge >= 0.3 is 0 Å². The molecule has 0 saturated heterocycles. The highest BCUT2D eigenvalue weighted by molar-refractivity contribution is 5.98. The van der Waals surface area contributed by atoms with Crippen molar-refractivity contribution in [3.05, 3.63) is 29.3 Å². The van der Waals surface area contributed by atoms with E-state index in [1.807, 2.05) is 13.8 Å². The molecule has 0 saturated carbocycles. The summed E-state index contributed by atoms with van der Waals surface area (Å²) in [5.41, 5.74) is 7.75. The number of benzene rings is 1. The monoisotopic (exact) mass is 277 g/mol. The molecule has 2 N–H and O–H groups in total. The van der Waals surface area contributed by atoms with Crippen LogP contribution in [0.5, 0.6) is 0 Å². The van der Waals surface area contributed by atoms with Crippen molar-refractivity contribution >= 4 is 17.5 Å². The molecule has 0 aliphatic carbocycles. The Morgan fingerprint density at radius 3 is 2.45 bits per heavy atom. The zero-order valence-corrected chi connectivity index (χ0v) is 12.6. The fraction of sp³-hybridized carbons (Fsp3) is 0.467. The summed E-state index contributed by atoms with van der Waals surface area (Å²) in [4.78, 5) is 27.5. The van der Waals surface area contributed by atoms with Gasteiger partial charge in [-0.15, -0.1) is 0 Å². The van der Waals surface area contributed by atoms with Gasteiger partial charge in [0.1, 0.15) is 6.54 Å². The lowest BCUT2D eigenvalue weighted by Gasteiger charge is -2.24. The van der Waals surface area contributed by atoms with Crippen molar-refractivity contribution < 1.29 is 9.59 Å². The van der Waals surface area contributed by atoms with E-state index < -0.39 is 0 Å². The van der Waals surface area contributed by atoms with Crippen molar-refractivity contribution in [1.82, 2.24) is 9.80 Å². The van der Waals surface area contributed by atoms with E-state index in [-0.39, 0.29) is 18.4 Å². The number of rotatable bonds is 5. The van der Waals surface area contributed by atoms with Gasteiger partial charge in [-0.3, -0.25) is 9.59 Å². The van der Waals surface area contributed by atoms with Gasteiger partial charge < -0.3 is 15.5 Å². The van der Waals surface area contributed by atoms with E-state index in [1.54, 1.807) is 37.2 Å². The third kappa shape index (κ3) is 3.73. The van der Waals surface area contributed by atoms with Crippen molar-refractivity contribution in [3.63, 3.8) is 0 Å². The van der Waals surface area contributed by atoms with E-state index in [1.165, 1.54) is 4.90 Å². The zero-order chi connectivity index (χ0) is 15.3. The van der Waals surface area contributed by atoms with Crippen LogP contribution in [-0.4, -0.2) is 48.8 Å². The molecule has 1 aromatic rings. The molecule has 0 fully saturated rings. The van der Waals surface area contributed by atoms with Crippen LogP contribution in [0.1, 0.15) is 29.3 Å². The summed E-state index contributed by atoms with van der Waals surface area (Å²) in [7, 11) is 3.37. The van der Waals surface area contributed by atoms with E-state index in [2.05, 4.69) is 0 Å². The van der Waals surface area contributed by atoms with Crippen molar-refractivity contribution in [1.29, 1.82) is 0 Å². The van der Waals surface area contributed by atoms with Gasteiger partial charge in [-0.2, -0.15) is 0 Å². The molecule has 0 aromatic heterocycles. The molecule has 0 unspecified atom stereocenters. The van der Waals surface area contributed by atoms with Crippen LogP contribution < -0.4 is 5.73 Å². The Morgan fingerprint density at radius 1 is 1.25 bits per heavy atom. The first-order chi connectivity index (χ1) is 9.38. The normalized spacial score (nSPS) is 10.2. The number of carbonyl (C=O) groups is 2. The van der Waals surface area contributed by atoms with Gasteiger partial charge in [0.2, 0.25) is 5.91 Å². The number of nitrogens with two attached hydrogens (primary N) is 1. The molecular formula is C15H23N3O2. The summed E-state index contributed by atoms with van der Waals surface area (Å²) >= 11 is 0. The van der Waals surface area contributed by atoms with E-state index in [0.29, 0.717) is 17.8 Å². The molecule has 20 heavy (non-hydrogen) atoms. The van der Waals surface area contributed by atoms with Crippen LogP contribution in [0, 0.1) is 6.92 Å². The molecule has 0 radical (unpaired) electrons. The minimum atomic E-state index is -0.146. The van der Waals surface area contributed by atoms with Crippen molar-refractivity contribution in [2.24, 2.45) is 0 Å². The van der Waals surface area contributed by atoms with Crippen LogP contribution in [0.4, 0.5) is 5.69 Å². The van der Waals surface area contributed by atoms with E-state index >= 15 is 0 Å². The van der Waals surface area contributed by atoms with Gasteiger partial charge in [0.25, 0.3) is 5.91 Å². The maximum atomic E-state index is 12.6. The Bertz CT molecular complexity index is 498. The second-order valence-electron chi connectivity index (χ2n) is 5.03. The lowest BCUT2D eigenvalue weighted by molar-refractivity contribution is -0.129. The lowest BCUT2D eigenvalue weighted by atomic mass is 10.1. The third-order valence-electron chi connectivity index (χ3n) is 3.21. The van der Waals surface area contributed by atoms with Crippen LogP contribution in [0.2, 0.25) is 0 Å². The molecule has 0 atom stereocenters. The van der Waals surface area contributed by atoms with Crippen molar-refractivity contribution in [2.45, 2.75) is 20.3 Å². The highest BCUT2D eigenvalue weighted by atomic mass is 16.2. The number of amides is 2. The fourth-order valence-corrected chi connectivity index (χ4v) is 1.88. The molecule has 1 aromatic carbocycles. The van der Waals surface area contributed by atoms with Gasteiger partial charge in [0.05, 0.1) is 0 Å². The van der Waals surface area contributed by atoms with Gasteiger partial charge in [0, 0.05) is 31.9 Å². The largest absolute Gasteiger partial charge is 0.398 e. The smallest absolute Gasteiger partial charge is 0.254 e. The Morgan fingerprint density at radius 2 is 1.90 bits per heavy atom. The Kier molecular flexibility index (Phi) is 5.55. The number of nitrogens with zero attached hydrogens (tertiary/aromatic N) is 2. The second kappa shape index (κ2) is 6.93. The maximum Gasteiger partial charge on any atom is 0.254 e. The number of likely N-dealkylation sites (N-methyl/N-ethyl adjacent to an activating group) is 1. The topological polar surface area (TPSA) is 66.6 Å². The van der Waals surface area contributed by atoms with Gasteiger partial charge in [-0.1, -0.05) is 13.0 Å². The Hall–Kier alpha value is -2.04. The molecule has 0 bridgehead atoms. The molecule has 0 aliphatic rings. The lowest BCUT2D eigenvalue weighted by Crippen LogP contribution is -2.41. The van der Waals surface area contributed by atoms with Gasteiger partial charge in [-0.25, -0.2) is 0 Å². The maximum absolute atomic E-state index is 12.6. The summed E-state index contributed by atoms with van der Waals surface area (Å²) in [6, 6.07) is 5.27. The third-order valence-corrected chi connectivity index (χ3v) is 3.21. The minimum absolute atomic E-state index is 0.0895. The summed E-state index contributed by atoms with van der Waals surface area (Å²) in [5.74, 6) is -0.236. The zero-order valence-electron chi connectivity index (χ0n) is 12.6. The Labute approximate surface area is 120 Å². The number of carbonyl (C=O) groups excluding carboxylic acids is 2. The van der Waals surface area contributed by atoms with E-state index in [4.69, 9.17) is 5.73 Å². The summed E-state index contributed by atoms with van der Waals surface area (Å²) in [6.45, 7) is 4.44. The average molecular weight is 277 g/mol. The van der Waals surface area contributed by atoms with Crippen molar-refractivity contribution in [3.8, 4) is 0 Å². The molecule has 0 heterocycles. The van der Waals surface area contributed by atoms with Crippen LogP contribution in [0.25, 0.3) is 0 Å². The number of nitrogen functional groups attached to an aromatic ring is 1. The molecule has 5 heteroatoms. The van der Waals surface area contributed by atoms with E-state index in [9.17, 15) is 9.59 Å². The summed E-state index contributed by atoms with van der Waals surface area (Å²) in [6.07, 6.45) is 0.799. The standard InChI is InChI=1S/C15H23N3O2/c1-5-9-18(10-14(19)17(3)4)15(20)12-7-6-8-13(16)11(12)2/h6-8H,5,9-10,16H2,1-4H3. The first-order valence-electron chi connectivity index (χ1n) is 6.73. The fourth-order valence-electron chi connectivity index (χ4n) is 1.88. The predicted octanol–water partition coefficient (Wildman–Crippen LogP) is 1.52. The molecule has 0 spiro atoms. The summed E-state index contributed by atoms with van der Waals surface area (Å²) < 4.78 is 0. The highest BCUT2D eigenvalue weighted by Gasteiger charge is 2.20. The predicted molar refractivity (Wildman–Crippen MR) is 80.5 cm³/mol. The van der Waals surface area contributed by atoms with Gasteiger partial charge in [-0.05, 0) is 31.0 Å². The number of anilines is 1. The van der Waals surface area contributed by atoms with Gasteiger partial charge in [0.15, 0.2) is 0 Å². The molecular weight excluding hydrogens is 254 g/mol. The molecule has 1 rings (SSSR count). The number of hydrogen-bond acceptors (Lipinski definition) is 3. The van der Waals surface area contributed by atoms with Crippen LogP contribution in [-0.2, 0) is 4.79 Å². The van der Waals surface area contributed by atoms with Crippen LogP contribution in [0.15, 0.2) is 18.2 Å². The first kappa shape index (κ1) is 16.0. The molecule has 5 nitrogen and oxygen atoms in total. The molecule has 110 valence electrons. The SMILES string of the molecule is CCCN(CC(=O)N(C)C)C(=O)c1cccc(N)c1C. The van der Waals surface area contributed by atoms with E-state index in [0.717, 1.165) is 12.0 Å². The van der Waals surface area contributed by atoms with Crippen LogP contribution >= 0.6 is 0 Å². The highest BCUT2D eigenvalue weighted by Crippen LogP contribution is 2.17. The van der Waals surface area contributed by atoms with Crippen LogP contribution in [0.3, 0.4) is 0 Å². The second-order valence-corrected chi connectivity index (χ2v) is 5.03. The first-order valence-corrected chi connectivity index (χ1v) is 6.73. The average Bonchev–Trinajstić information content (AvgIpc) is 2.40. The molecule has 0 aliphatic heterocycles. The quantitative estimate of drug-likeness (QED) is 0.830.